The summed E-state index contributed by atoms with van der Waals surface area (Å²) in [5, 5.41) is 11.2. The van der Waals surface area contributed by atoms with Crippen LogP contribution < -0.4 is 11.1 Å². The molecular weight excluding hydrogens is 226 g/mol. The predicted octanol–water partition coefficient (Wildman–Crippen LogP) is 1.36. The molecule has 18 heavy (non-hydrogen) atoms. The van der Waals surface area contributed by atoms with Gasteiger partial charge in [-0.3, -0.25) is 4.79 Å². The molecule has 0 bridgehead atoms. The van der Waals surface area contributed by atoms with Crippen molar-refractivity contribution >= 4 is 5.91 Å². The molecule has 1 aromatic rings. The van der Waals surface area contributed by atoms with E-state index in [4.69, 9.17) is 11.0 Å². The maximum Gasteiger partial charge on any atom is 0.237 e. The number of hydrogen-bond acceptors (Lipinski definition) is 3. The van der Waals surface area contributed by atoms with Gasteiger partial charge in [0.05, 0.1) is 18.5 Å². The number of amides is 1. The van der Waals surface area contributed by atoms with Crippen LogP contribution in [0, 0.1) is 11.3 Å². The van der Waals surface area contributed by atoms with Gasteiger partial charge in [-0.05, 0) is 25.3 Å². The lowest BCUT2D eigenvalue weighted by Gasteiger charge is -2.15. The summed E-state index contributed by atoms with van der Waals surface area (Å²) in [6, 6.07) is 11.3. The number of nitrogens with two attached hydrogens (primary N) is 1. The lowest BCUT2D eigenvalue weighted by molar-refractivity contribution is -0.123. The molecule has 4 heteroatoms. The number of nitrogens with one attached hydrogen (secondary N) is 1. The largest absolute Gasteiger partial charge is 0.351 e. The van der Waals surface area contributed by atoms with Crippen LogP contribution in [0.15, 0.2) is 30.3 Å². The van der Waals surface area contributed by atoms with E-state index in [0.717, 1.165) is 6.42 Å². The summed E-state index contributed by atoms with van der Waals surface area (Å²) in [7, 11) is 0. The first-order chi connectivity index (χ1) is 8.63. The van der Waals surface area contributed by atoms with Crippen LogP contribution in [0.25, 0.3) is 0 Å². The lowest BCUT2D eigenvalue weighted by atomic mass is 10.1. The molecule has 2 atom stereocenters. The highest BCUT2D eigenvalue weighted by Gasteiger charge is 2.15. The molecule has 96 valence electrons. The SMILES string of the molecule is CC(CC#N)NC(=O)[C@@H](N)CCc1ccccc1. The zero-order chi connectivity index (χ0) is 13.4. The average molecular weight is 245 g/mol. The number of nitrogens with zero attached hydrogens (tertiary/aromatic N) is 1. The molecule has 1 rings (SSSR count). The Morgan fingerprint density at radius 2 is 2.11 bits per heavy atom. The van der Waals surface area contributed by atoms with E-state index in [0.29, 0.717) is 12.8 Å². The van der Waals surface area contributed by atoms with Gasteiger partial charge in [0.2, 0.25) is 5.91 Å². The van der Waals surface area contributed by atoms with Crippen molar-refractivity contribution in [2.45, 2.75) is 38.3 Å². The average Bonchev–Trinajstić information content (AvgIpc) is 2.37. The number of carbonyl (C=O) groups is 1. The van der Waals surface area contributed by atoms with Gasteiger partial charge in [-0.1, -0.05) is 30.3 Å². The maximum absolute atomic E-state index is 11.7. The van der Waals surface area contributed by atoms with Crippen LogP contribution >= 0.6 is 0 Å². The van der Waals surface area contributed by atoms with E-state index in [1.807, 2.05) is 36.4 Å². The maximum atomic E-state index is 11.7. The molecule has 0 saturated carbocycles. The molecule has 0 aliphatic rings. The number of rotatable bonds is 6. The number of nitriles is 1. The second-order valence-corrected chi connectivity index (χ2v) is 4.40. The lowest BCUT2D eigenvalue weighted by Crippen LogP contribution is -2.44. The monoisotopic (exact) mass is 245 g/mol. The van der Waals surface area contributed by atoms with E-state index in [-0.39, 0.29) is 11.9 Å². The topological polar surface area (TPSA) is 78.9 Å². The van der Waals surface area contributed by atoms with Crippen LogP contribution in [0.1, 0.15) is 25.3 Å². The predicted molar refractivity (Wildman–Crippen MR) is 70.6 cm³/mol. The molecule has 1 unspecified atom stereocenters. The van der Waals surface area contributed by atoms with E-state index in [1.54, 1.807) is 6.92 Å². The summed E-state index contributed by atoms with van der Waals surface area (Å²) in [5.74, 6) is -0.186. The number of carbonyl (C=O) groups excluding carboxylic acids is 1. The fourth-order valence-corrected chi connectivity index (χ4v) is 1.64. The van der Waals surface area contributed by atoms with Crippen LogP contribution in [0.2, 0.25) is 0 Å². The number of hydrogen-bond donors (Lipinski definition) is 2. The molecule has 0 aromatic heterocycles. The second-order valence-electron chi connectivity index (χ2n) is 4.40. The number of aryl methyl sites for hydroxylation is 1. The Morgan fingerprint density at radius 1 is 1.44 bits per heavy atom. The van der Waals surface area contributed by atoms with Gasteiger partial charge in [0.1, 0.15) is 0 Å². The van der Waals surface area contributed by atoms with Crippen molar-refractivity contribution in [2.75, 3.05) is 0 Å². The minimum atomic E-state index is -0.522. The van der Waals surface area contributed by atoms with Gasteiger partial charge in [-0.15, -0.1) is 0 Å². The fourth-order valence-electron chi connectivity index (χ4n) is 1.64. The quantitative estimate of drug-likeness (QED) is 0.794. The summed E-state index contributed by atoms with van der Waals surface area (Å²) < 4.78 is 0. The third kappa shape index (κ3) is 4.98. The van der Waals surface area contributed by atoms with Crippen LogP contribution in [-0.4, -0.2) is 18.0 Å². The molecule has 0 fully saturated rings. The molecule has 1 amide bonds. The van der Waals surface area contributed by atoms with Gasteiger partial charge in [0.15, 0.2) is 0 Å². The van der Waals surface area contributed by atoms with Crippen LogP contribution in [0.4, 0.5) is 0 Å². The highest BCUT2D eigenvalue weighted by Crippen LogP contribution is 2.04. The first-order valence-corrected chi connectivity index (χ1v) is 6.10. The molecule has 0 heterocycles. The van der Waals surface area contributed by atoms with Crippen LogP contribution in [0.3, 0.4) is 0 Å². The van der Waals surface area contributed by atoms with Gasteiger partial charge in [-0.2, -0.15) is 5.26 Å². The standard InChI is InChI=1S/C14H19N3O/c1-11(9-10-15)17-14(18)13(16)8-7-12-5-3-2-4-6-12/h2-6,11,13H,7-9,16H2,1H3,(H,17,18)/t11?,13-/m0/s1. The van der Waals surface area contributed by atoms with Gasteiger partial charge in [-0.25, -0.2) is 0 Å². The third-order valence-electron chi connectivity index (χ3n) is 2.71. The fraction of sp³-hybridized carbons (Fsp3) is 0.429. The summed E-state index contributed by atoms with van der Waals surface area (Å²) in [5.41, 5.74) is 6.99. The van der Waals surface area contributed by atoms with Crippen molar-refractivity contribution in [1.82, 2.24) is 5.32 Å². The summed E-state index contributed by atoms with van der Waals surface area (Å²) in [4.78, 5) is 11.7. The van der Waals surface area contributed by atoms with E-state index in [1.165, 1.54) is 5.56 Å². The second kappa shape index (κ2) is 7.46. The molecule has 0 saturated heterocycles. The zero-order valence-electron chi connectivity index (χ0n) is 10.6. The highest BCUT2D eigenvalue weighted by atomic mass is 16.2. The Labute approximate surface area is 108 Å². The van der Waals surface area contributed by atoms with Crippen molar-refractivity contribution in [3.63, 3.8) is 0 Å². The van der Waals surface area contributed by atoms with Crippen LogP contribution in [0.5, 0.6) is 0 Å². The Kier molecular flexibility index (Phi) is 5.89. The molecule has 0 spiro atoms. The first kappa shape index (κ1) is 14.2. The summed E-state index contributed by atoms with van der Waals surface area (Å²) in [6.07, 6.45) is 1.69. The normalized spacial score (nSPS) is 13.4. The van der Waals surface area contributed by atoms with E-state index >= 15 is 0 Å². The molecule has 1 aromatic carbocycles. The molecule has 0 aliphatic heterocycles. The molecule has 0 radical (unpaired) electrons. The van der Waals surface area contributed by atoms with Crippen molar-refractivity contribution in [3.8, 4) is 6.07 Å². The van der Waals surface area contributed by atoms with Crippen molar-refractivity contribution in [3.05, 3.63) is 35.9 Å². The molecule has 0 aliphatic carbocycles. The number of benzene rings is 1. The Bertz CT molecular complexity index is 411. The molecular formula is C14H19N3O. The van der Waals surface area contributed by atoms with E-state index in [2.05, 4.69) is 5.32 Å². The Morgan fingerprint density at radius 3 is 2.72 bits per heavy atom. The Balaban J connectivity index is 2.34. The third-order valence-corrected chi connectivity index (χ3v) is 2.71. The van der Waals surface area contributed by atoms with Crippen molar-refractivity contribution < 1.29 is 4.79 Å². The zero-order valence-corrected chi connectivity index (χ0v) is 10.6. The highest BCUT2D eigenvalue weighted by molar-refractivity contribution is 5.81. The molecule has 3 N–H and O–H groups in total. The van der Waals surface area contributed by atoms with Gasteiger partial charge >= 0.3 is 0 Å². The Hall–Kier alpha value is -1.86. The van der Waals surface area contributed by atoms with Crippen LogP contribution in [-0.2, 0) is 11.2 Å². The van der Waals surface area contributed by atoms with Crippen molar-refractivity contribution in [1.29, 1.82) is 5.26 Å². The molecule has 4 nitrogen and oxygen atoms in total. The minimum Gasteiger partial charge on any atom is -0.351 e. The first-order valence-electron chi connectivity index (χ1n) is 6.10. The van der Waals surface area contributed by atoms with E-state index < -0.39 is 6.04 Å². The smallest absolute Gasteiger partial charge is 0.237 e. The van der Waals surface area contributed by atoms with Gasteiger partial charge in [0.25, 0.3) is 0 Å². The van der Waals surface area contributed by atoms with Crippen molar-refractivity contribution in [2.24, 2.45) is 5.73 Å². The minimum absolute atomic E-state index is 0.148. The summed E-state index contributed by atoms with van der Waals surface area (Å²) >= 11 is 0. The van der Waals surface area contributed by atoms with E-state index in [9.17, 15) is 4.79 Å². The summed E-state index contributed by atoms with van der Waals surface area (Å²) in [6.45, 7) is 1.80. The van der Waals surface area contributed by atoms with Gasteiger partial charge < -0.3 is 11.1 Å². The van der Waals surface area contributed by atoms with Gasteiger partial charge in [0, 0.05) is 6.04 Å².